The highest BCUT2D eigenvalue weighted by atomic mass is 16.5. The van der Waals surface area contributed by atoms with E-state index in [0.29, 0.717) is 25.0 Å². The van der Waals surface area contributed by atoms with Gasteiger partial charge in [-0.15, -0.1) is 0 Å². The molecule has 2 aromatic rings. The van der Waals surface area contributed by atoms with Gasteiger partial charge in [0.25, 0.3) is 0 Å². The molecule has 0 amide bonds. The van der Waals surface area contributed by atoms with Crippen LogP contribution in [0.4, 0.5) is 5.95 Å². The highest BCUT2D eigenvalue weighted by molar-refractivity contribution is 5.77. The molecule has 0 aliphatic heterocycles. The smallest absolute Gasteiger partial charge is 0.202 e. The Morgan fingerprint density at radius 3 is 2.70 bits per heavy atom. The zero-order valence-corrected chi connectivity index (χ0v) is 12.9. The second-order valence-electron chi connectivity index (χ2n) is 5.49. The quantitative estimate of drug-likeness (QED) is 0.789. The molecule has 0 saturated carbocycles. The normalized spacial score (nSPS) is 11.8. The predicted octanol–water partition coefficient (Wildman–Crippen LogP) is 2.21. The number of nitrogens with zero attached hydrogens (tertiary/aromatic N) is 4. The number of nitrogens with two attached hydrogens (primary N) is 1. The summed E-state index contributed by atoms with van der Waals surface area (Å²) in [6, 6.07) is 0. The lowest BCUT2D eigenvalue weighted by Gasteiger charge is -2.09. The maximum atomic E-state index is 6.01. The summed E-state index contributed by atoms with van der Waals surface area (Å²) in [7, 11) is 0. The van der Waals surface area contributed by atoms with Crippen LogP contribution in [0, 0.1) is 12.8 Å². The van der Waals surface area contributed by atoms with Crippen LogP contribution in [0.2, 0.25) is 0 Å². The molecule has 0 fully saturated rings. The number of hydrogen-bond donors (Lipinski definition) is 1. The average Bonchev–Trinajstić information content (AvgIpc) is 2.87. The molecule has 6 heteroatoms. The molecule has 0 unspecified atom stereocenters. The van der Waals surface area contributed by atoms with Gasteiger partial charge in [-0.25, -0.2) is 9.67 Å². The molecule has 2 rings (SSSR count). The molecule has 0 aliphatic carbocycles. The molecule has 112 valence electrons. The van der Waals surface area contributed by atoms with Crippen LogP contribution in [0.25, 0.3) is 11.2 Å². The minimum atomic E-state index is 0.537. The van der Waals surface area contributed by atoms with Crippen LogP contribution in [0.15, 0.2) is 0 Å². The van der Waals surface area contributed by atoms with Gasteiger partial charge in [0.2, 0.25) is 5.95 Å². The van der Waals surface area contributed by atoms with Gasteiger partial charge in [-0.3, -0.25) is 4.57 Å². The van der Waals surface area contributed by atoms with Crippen molar-refractivity contribution in [2.45, 2.75) is 47.2 Å². The van der Waals surface area contributed by atoms with E-state index in [4.69, 9.17) is 10.5 Å². The van der Waals surface area contributed by atoms with Crippen LogP contribution in [0.1, 0.15) is 32.9 Å². The molecule has 20 heavy (non-hydrogen) atoms. The lowest BCUT2D eigenvalue weighted by Crippen LogP contribution is -2.13. The molecule has 6 nitrogen and oxygen atoms in total. The Balaban J connectivity index is 2.07. The van der Waals surface area contributed by atoms with E-state index in [1.807, 2.05) is 16.2 Å². The number of anilines is 1. The zero-order chi connectivity index (χ0) is 14.7. The van der Waals surface area contributed by atoms with Gasteiger partial charge in [0.15, 0.2) is 5.65 Å². The Kier molecular flexibility index (Phi) is 4.65. The van der Waals surface area contributed by atoms with Crippen molar-refractivity contribution in [2.75, 3.05) is 18.9 Å². The van der Waals surface area contributed by atoms with E-state index in [9.17, 15) is 0 Å². The van der Waals surface area contributed by atoms with E-state index in [1.165, 1.54) is 0 Å². The van der Waals surface area contributed by atoms with Crippen molar-refractivity contribution in [1.82, 2.24) is 19.3 Å². The summed E-state index contributed by atoms with van der Waals surface area (Å²) in [4.78, 5) is 4.41. The van der Waals surface area contributed by atoms with Crippen molar-refractivity contribution in [1.29, 1.82) is 0 Å². The van der Waals surface area contributed by atoms with E-state index < -0.39 is 0 Å². The second kappa shape index (κ2) is 6.26. The number of imidazole rings is 1. The third kappa shape index (κ3) is 2.95. The summed E-state index contributed by atoms with van der Waals surface area (Å²) >= 11 is 0. The van der Waals surface area contributed by atoms with Gasteiger partial charge in [0, 0.05) is 13.2 Å². The number of nitrogen functional groups attached to an aromatic ring is 1. The largest absolute Gasteiger partial charge is 0.380 e. The number of rotatable bonds is 7. The Hall–Kier alpha value is -1.56. The van der Waals surface area contributed by atoms with Gasteiger partial charge in [-0.2, -0.15) is 5.10 Å². The van der Waals surface area contributed by atoms with Crippen LogP contribution in [0.3, 0.4) is 0 Å². The second-order valence-corrected chi connectivity index (χ2v) is 5.49. The highest BCUT2D eigenvalue weighted by Crippen LogP contribution is 2.20. The summed E-state index contributed by atoms with van der Waals surface area (Å²) in [6.07, 6.45) is 1.08. The van der Waals surface area contributed by atoms with E-state index in [0.717, 1.165) is 36.4 Å². The van der Waals surface area contributed by atoms with Gasteiger partial charge in [-0.1, -0.05) is 13.8 Å². The van der Waals surface area contributed by atoms with Gasteiger partial charge in [-0.05, 0) is 26.2 Å². The maximum absolute atomic E-state index is 6.01. The zero-order valence-electron chi connectivity index (χ0n) is 12.9. The van der Waals surface area contributed by atoms with Crippen LogP contribution >= 0.6 is 0 Å². The van der Waals surface area contributed by atoms with Crippen LogP contribution < -0.4 is 5.73 Å². The molecule has 0 atom stereocenters. The van der Waals surface area contributed by atoms with Crippen molar-refractivity contribution in [3.05, 3.63) is 5.69 Å². The predicted molar refractivity (Wildman–Crippen MR) is 80.6 cm³/mol. The van der Waals surface area contributed by atoms with E-state index >= 15 is 0 Å². The van der Waals surface area contributed by atoms with Crippen molar-refractivity contribution >= 4 is 17.1 Å². The maximum Gasteiger partial charge on any atom is 0.202 e. The fourth-order valence-corrected chi connectivity index (χ4v) is 2.26. The van der Waals surface area contributed by atoms with Gasteiger partial charge in [0.05, 0.1) is 18.8 Å². The van der Waals surface area contributed by atoms with Crippen molar-refractivity contribution in [3.63, 3.8) is 0 Å². The summed E-state index contributed by atoms with van der Waals surface area (Å²) in [6.45, 7) is 11.4. The Morgan fingerprint density at radius 1 is 1.30 bits per heavy atom. The number of ether oxygens (including phenoxy) is 1. The molecule has 0 saturated heterocycles. The molecule has 0 spiro atoms. The molecule has 0 radical (unpaired) electrons. The minimum Gasteiger partial charge on any atom is -0.380 e. The topological polar surface area (TPSA) is 70.9 Å². The third-order valence-electron chi connectivity index (χ3n) is 3.43. The highest BCUT2D eigenvalue weighted by Gasteiger charge is 2.16. The Morgan fingerprint density at radius 2 is 2.05 bits per heavy atom. The standard InChI is InChI=1S/C14H25N5O/c1-5-19-13-12(11(4)17-19)16-14(15)18(13)7-9-20-8-6-10(2)3/h10H,5-9H2,1-4H3,(H2,15,16). The van der Waals surface area contributed by atoms with Crippen molar-refractivity contribution in [2.24, 2.45) is 5.92 Å². The number of hydrogen-bond acceptors (Lipinski definition) is 4. The first-order valence-electron chi connectivity index (χ1n) is 7.31. The van der Waals surface area contributed by atoms with Crippen LogP contribution in [0.5, 0.6) is 0 Å². The van der Waals surface area contributed by atoms with Crippen LogP contribution in [-0.4, -0.2) is 32.5 Å². The lowest BCUT2D eigenvalue weighted by molar-refractivity contribution is 0.117. The minimum absolute atomic E-state index is 0.537. The first-order valence-corrected chi connectivity index (χ1v) is 7.31. The SMILES string of the molecule is CCn1nc(C)c2nc(N)n(CCOCCC(C)C)c21. The van der Waals surface area contributed by atoms with Gasteiger partial charge >= 0.3 is 0 Å². The summed E-state index contributed by atoms with van der Waals surface area (Å²) in [5.74, 6) is 1.21. The third-order valence-corrected chi connectivity index (χ3v) is 3.43. The molecular weight excluding hydrogens is 254 g/mol. The molecule has 2 heterocycles. The fraction of sp³-hybridized carbons (Fsp3) is 0.714. The summed E-state index contributed by atoms with van der Waals surface area (Å²) in [5, 5.41) is 4.47. The molecule has 0 aliphatic rings. The Bertz CT molecular complexity index is 570. The molecule has 2 aromatic heterocycles. The van der Waals surface area contributed by atoms with E-state index in [1.54, 1.807) is 0 Å². The lowest BCUT2D eigenvalue weighted by atomic mass is 10.1. The number of fused-ring (bicyclic) bond motifs is 1. The van der Waals surface area contributed by atoms with E-state index in [2.05, 4.69) is 30.9 Å². The van der Waals surface area contributed by atoms with E-state index in [-0.39, 0.29) is 0 Å². The van der Waals surface area contributed by atoms with Crippen molar-refractivity contribution < 1.29 is 4.74 Å². The summed E-state index contributed by atoms with van der Waals surface area (Å²) < 4.78 is 9.61. The first kappa shape index (κ1) is 14.8. The first-order chi connectivity index (χ1) is 9.54. The van der Waals surface area contributed by atoms with Gasteiger partial charge in [0.1, 0.15) is 5.52 Å². The van der Waals surface area contributed by atoms with Crippen molar-refractivity contribution in [3.8, 4) is 0 Å². The van der Waals surface area contributed by atoms with Gasteiger partial charge < -0.3 is 10.5 Å². The summed E-state index contributed by atoms with van der Waals surface area (Å²) in [5.41, 5.74) is 8.82. The molecule has 0 aromatic carbocycles. The average molecular weight is 279 g/mol. The molecular formula is C14H25N5O. The molecule has 0 bridgehead atoms. The number of aryl methyl sites for hydroxylation is 2. The fourth-order valence-electron chi connectivity index (χ4n) is 2.26. The Labute approximate surface area is 119 Å². The number of aromatic nitrogens is 4. The molecule has 2 N–H and O–H groups in total. The van der Waals surface area contributed by atoms with Crippen LogP contribution in [-0.2, 0) is 17.8 Å². The monoisotopic (exact) mass is 279 g/mol.